The molecule has 1 aliphatic heterocycles. The second-order valence-corrected chi connectivity index (χ2v) is 5.29. The van der Waals surface area contributed by atoms with Crippen molar-refractivity contribution >= 4 is 5.82 Å². The molecule has 118 valence electrons. The van der Waals surface area contributed by atoms with Crippen LogP contribution in [0.25, 0.3) is 0 Å². The zero-order valence-corrected chi connectivity index (χ0v) is 13.7. The van der Waals surface area contributed by atoms with Crippen LogP contribution in [0.3, 0.4) is 0 Å². The summed E-state index contributed by atoms with van der Waals surface area (Å²) in [5.41, 5.74) is 1.82. The summed E-state index contributed by atoms with van der Waals surface area (Å²) in [6, 6.07) is 0. The molecule has 0 unspecified atom stereocenters. The predicted molar refractivity (Wildman–Crippen MR) is 83.4 cm³/mol. The molecule has 1 aliphatic rings. The zero-order chi connectivity index (χ0) is 15.3. The molecule has 5 heteroatoms. The monoisotopic (exact) mass is 293 g/mol. The Balaban J connectivity index is 2.50. The number of hydrogen-bond acceptors (Lipinski definition) is 5. The molecule has 1 aromatic rings. The third-order valence-electron chi connectivity index (χ3n) is 4.14. The van der Waals surface area contributed by atoms with Gasteiger partial charge in [-0.15, -0.1) is 0 Å². The van der Waals surface area contributed by atoms with Crippen molar-refractivity contribution in [3.63, 3.8) is 0 Å². The molecule has 0 bridgehead atoms. The van der Waals surface area contributed by atoms with Crippen LogP contribution in [0.4, 0.5) is 5.82 Å². The SMILES string of the molecule is CCNc1nc(C(CC)(CC)OCC)nc2c1COCC2. The average Bonchev–Trinajstić information content (AvgIpc) is 2.53. The highest BCUT2D eigenvalue weighted by Gasteiger charge is 2.34. The summed E-state index contributed by atoms with van der Waals surface area (Å²) in [7, 11) is 0. The van der Waals surface area contributed by atoms with Crippen LogP contribution in [-0.2, 0) is 28.1 Å². The molecule has 2 rings (SSSR count). The van der Waals surface area contributed by atoms with E-state index in [0.29, 0.717) is 13.2 Å². The number of fused-ring (bicyclic) bond motifs is 1. The molecule has 0 amide bonds. The first-order valence-corrected chi connectivity index (χ1v) is 8.06. The van der Waals surface area contributed by atoms with E-state index in [1.165, 1.54) is 0 Å². The Morgan fingerprint density at radius 1 is 1.19 bits per heavy atom. The van der Waals surface area contributed by atoms with Gasteiger partial charge in [0, 0.05) is 25.1 Å². The van der Waals surface area contributed by atoms with Crippen molar-refractivity contribution in [1.29, 1.82) is 0 Å². The smallest absolute Gasteiger partial charge is 0.162 e. The Morgan fingerprint density at radius 3 is 2.57 bits per heavy atom. The number of anilines is 1. The van der Waals surface area contributed by atoms with Gasteiger partial charge in [0.2, 0.25) is 0 Å². The van der Waals surface area contributed by atoms with Gasteiger partial charge in [0.25, 0.3) is 0 Å². The molecule has 2 heterocycles. The summed E-state index contributed by atoms with van der Waals surface area (Å²) in [6.07, 6.45) is 2.59. The third-order valence-corrected chi connectivity index (χ3v) is 4.14. The van der Waals surface area contributed by atoms with Crippen LogP contribution in [-0.4, -0.2) is 29.7 Å². The van der Waals surface area contributed by atoms with Gasteiger partial charge in [-0.3, -0.25) is 0 Å². The summed E-state index contributed by atoms with van der Waals surface area (Å²) >= 11 is 0. The number of rotatable bonds is 7. The van der Waals surface area contributed by atoms with E-state index in [-0.39, 0.29) is 5.60 Å². The van der Waals surface area contributed by atoms with E-state index in [1.807, 2.05) is 6.92 Å². The molecule has 0 fully saturated rings. The first kappa shape index (κ1) is 16.2. The van der Waals surface area contributed by atoms with Crippen molar-refractivity contribution in [2.24, 2.45) is 0 Å². The molecule has 1 N–H and O–H groups in total. The fraction of sp³-hybridized carbons (Fsp3) is 0.750. The Labute approximate surface area is 127 Å². The van der Waals surface area contributed by atoms with E-state index >= 15 is 0 Å². The summed E-state index contributed by atoms with van der Waals surface area (Å²) in [4.78, 5) is 9.61. The normalized spacial score (nSPS) is 14.9. The second-order valence-electron chi connectivity index (χ2n) is 5.29. The van der Waals surface area contributed by atoms with Gasteiger partial charge in [0.15, 0.2) is 5.82 Å². The summed E-state index contributed by atoms with van der Waals surface area (Å²) in [5.74, 6) is 1.72. The van der Waals surface area contributed by atoms with Gasteiger partial charge in [0.1, 0.15) is 11.4 Å². The molecule has 0 spiro atoms. The lowest BCUT2D eigenvalue weighted by Gasteiger charge is -2.31. The van der Waals surface area contributed by atoms with Gasteiger partial charge in [0.05, 0.1) is 18.9 Å². The molecule has 0 radical (unpaired) electrons. The lowest BCUT2D eigenvalue weighted by molar-refractivity contribution is -0.0574. The average molecular weight is 293 g/mol. The Morgan fingerprint density at radius 2 is 1.95 bits per heavy atom. The summed E-state index contributed by atoms with van der Waals surface area (Å²) in [6.45, 7) is 11.2. The molecule has 0 saturated heterocycles. The Kier molecular flexibility index (Phi) is 5.53. The minimum atomic E-state index is -0.383. The van der Waals surface area contributed by atoms with Gasteiger partial charge >= 0.3 is 0 Å². The maximum absolute atomic E-state index is 6.05. The third kappa shape index (κ3) is 3.19. The van der Waals surface area contributed by atoms with Crippen molar-refractivity contribution in [3.05, 3.63) is 17.1 Å². The largest absolute Gasteiger partial charge is 0.376 e. The molecule has 0 aliphatic carbocycles. The molecular formula is C16H27N3O2. The van der Waals surface area contributed by atoms with Crippen LogP contribution in [0, 0.1) is 0 Å². The van der Waals surface area contributed by atoms with Crippen molar-refractivity contribution < 1.29 is 9.47 Å². The summed E-state index contributed by atoms with van der Waals surface area (Å²) < 4.78 is 11.6. The fourth-order valence-corrected chi connectivity index (χ4v) is 2.86. The molecule has 1 aromatic heterocycles. The minimum absolute atomic E-state index is 0.383. The Hall–Kier alpha value is -1.20. The topological polar surface area (TPSA) is 56.3 Å². The predicted octanol–water partition coefficient (Wildman–Crippen LogP) is 3.03. The highest BCUT2D eigenvalue weighted by atomic mass is 16.5. The molecule has 0 atom stereocenters. The standard InChI is InChI=1S/C16H27N3O2/c1-5-16(6-2,21-8-4)15-18-13-9-10-20-11-12(13)14(19-15)17-7-3/h5-11H2,1-4H3,(H,17,18,19). The van der Waals surface area contributed by atoms with Crippen LogP contribution in [0.2, 0.25) is 0 Å². The second kappa shape index (κ2) is 7.18. The van der Waals surface area contributed by atoms with Crippen molar-refractivity contribution in [2.45, 2.75) is 59.2 Å². The van der Waals surface area contributed by atoms with E-state index in [0.717, 1.165) is 55.3 Å². The number of nitrogens with one attached hydrogen (secondary N) is 1. The van der Waals surface area contributed by atoms with E-state index < -0.39 is 0 Å². The summed E-state index contributed by atoms with van der Waals surface area (Å²) in [5, 5.41) is 3.35. The maximum atomic E-state index is 6.05. The first-order chi connectivity index (χ1) is 10.2. The molecular weight excluding hydrogens is 266 g/mol. The minimum Gasteiger partial charge on any atom is -0.376 e. The zero-order valence-electron chi connectivity index (χ0n) is 13.7. The van der Waals surface area contributed by atoms with Gasteiger partial charge in [-0.1, -0.05) is 13.8 Å². The van der Waals surface area contributed by atoms with Crippen molar-refractivity contribution in [1.82, 2.24) is 9.97 Å². The maximum Gasteiger partial charge on any atom is 0.162 e. The van der Waals surface area contributed by atoms with Gasteiger partial charge in [-0.2, -0.15) is 0 Å². The highest BCUT2D eigenvalue weighted by Crippen LogP contribution is 2.33. The van der Waals surface area contributed by atoms with Crippen LogP contribution in [0.5, 0.6) is 0 Å². The lowest BCUT2D eigenvalue weighted by Crippen LogP contribution is -2.32. The van der Waals surface area contributed by atoms with E-state index in [4.69, 9.17) is 19.4 Å². The van der Waals surface area contributed by atoms with Gasteiger partial charge < -0.3 is 14.8 Å². The van der Waals surface area contributed by atoms with E-state index in [1.54, 1.807) is 0 Å². The number of aromatic nitrogens is 2. The molecule has 5 nitrogen and oxygen atoms in total. The quantitative estimate of drug-likeness (QED) is 0.837. The number of ether oxygens (including phenoxy) is 2. The van der Waals surface area contributed by atoms with E-state index in [9.17, 15) is 0 Å². The van der Waals surface area contributed by atoms with Crippen molar-refractivity contribution in [3.8, 4) is 0 Å². The van der Waals surface area contributed by atoms with E-state index in [2.05, 4.69) is 26.1 Å². The molecule has 0 aromatic carbocycles. The lowest BCUT2D eigenvalue weighted by atomic mass is 9.95. The van der Waals surface area contributed by atoms with Crippen LogP contribution >= 0.6 is 0 Å². The number of nitrogens with zero attached hydrogens (tertiary/aromatic N) is 2. The van der Waals surface area contributed by atoms with Crippen LogP contribution in [0.1, 0.15) is 57.6 Å². The number of hydrogen-bond donors (Lipinski definition) is 1. The Bertz CT molecular complexity index is 473. The molecule has 21 heavy (non-hydrogen) atoms. The van der Waals surface area contributed by atoms with Gasteiger partial charge in [-0.05, 0) is 26.7 Å². The fourth-order valence-electron chi connectivity index (χ4n) is 2.86. The van der Waals surface area contributed by atoms with Gasteiger partial charge in [-0.25, -0.2) is 9.97 Å². The van der Waals surface area contributed by atoms with Crippen molar-refractivity contribution in [2.75, 3.05) is 25.1 Å². The highest BCUT2D eigenvalue weighted by molar-refractivity contribution is 5.47. The van der Waals surface area contributed by atoms with Crippen LogP contribution in [0.15, 0.2) is 0 Å². The van der Waals surface area contributed by atoms with Crippen LogP contribution < -0.4 is 5.32 Å². The first-order valence-electron chi connectivity index (χ1n) is 8.06. The molecule has 0 saturated carbocycles.